The van der Waals surface area contributed by atoms with Gasteiger partial charge in [0.15, 0.2) is 0 Å². The van der Waals surface area contributed by atoms with Crippen molar-refractivity contribution < 1.29 is 13.2 Å². The lowest BCUT2D eigenvalue weighted by atomic mass is 10.1. The monoisotopic (exact) mass is 315 g/mol. The van der Waals surface area contributed by atoms with Crippen LogP contribution in [0.15, 0.2) is 29.2 Å². The van der Waals surface area contributed by atoms with Gasteiger partial charge in [0.1, 0.15) is 17.3 Å². The summed E-state index contributed by atoms with van der Waals surface area (Å²) in [6.07, 6.45) is 0.933. The fraction of sp³-hybridized carbons (Fsp3) is 0.357. The molecule has 2 N–H and O–H groups in total. The lowest BCUT2D eigenvalue weighted by Crippen LogP contribution is -2.04. The van der Waals surface area contributed by atoms with Crippen LogP contribution in [0, 0.1) is 6.92 Å². The molecule has 2 rings (SSSR count). The molecule has 0 aliphatic rings. The highest BCUT2D eigenvalue weighted by molar-refractivity contribution is 8.00. The zero-order valence-electron chi connectivity index (χ0n) is 11.7. The second-order valence-electron chi connectivity index (χ2n) is 4.62. The van der Waals surface area contributed by atoms with Gasteiger partial charge in [0.05, 0.1) is 0 Å². The van der Waals surface area contributed by atoms with Gasteiger partial charge in [-0.15, -0.1) is 0 Å². The second-order valence-corrected chi connectivity index (χ2v) is 5.76. The third-order valence-corrected chi connectivity index (χ3v) is 3.75. The minimum atomic E-state index is -4.28. The SMILES string of the molecule is CCCn1c(C)nc(-c2ccc(SC(F)(F)F)cc2)c1N. The number of anilines is 1. The number of hydrogen-bond acceptors (Lipinski definition) is 3. The smallest absolute Gasteiger partial charge is 0.383 e. The topological polar surface area (TPSA) is 43.8 Å². The fourth-order valence-corrected chi connectivity index (χ4v) is 2.65. The van der Waals surface area contributed by atoms with E-state index in [1.807, 2.05) is 18.4 Å². The molecule has 3 nitrogen and oxygen atoms in total. The molecule has 0 atom stereocenters. The van der Waals surface area contributed by atoms with Gasteiger partial charge in [-0.05, 0) is 37.2 Å². The Hall–Kier alpha value is -1.63. The summed E-state index contributed by atoms with van der Waals surface area (Å²) in [5.41, 5.74) is 3.13. The molecule has 1 heterocycles. The highest BCUT2D eigenvalue weighted by Gasteiger charge is 2.29. The van der Waals surface area contributed by atoms with Crippen LogP contribution in [0.25, 0.3) is 11.3 Å². The molecule has 114 valence electrons. The van der Waals surface area contributed by atoms with E-state index in [4.69, 9.17) is 5.73 Å². The van der Waals surface area contributed by atoms with Crippen molar-refractivity contribution in [2.75, 3.05) is 5.73 Å². The van der Waals surface area contributed by atoms with Crippen molar-refractivity contribution >= 4 is 17.6 Å². The zero-order valence-corrected chi connectivity index (χ0v) is 12.6. The Morgan fingerprint density at radius 3 is 2.38 bits per heavy atom. The van der Waals surface area contributed by atoms with Crippen LogP contribution >= 0.6 is 11.8 Å². The van der Waals surface area contributed by atoms with Gasteiger partial charge in [-0.3, -0.25) is 0 Å². The first kappa shape index (κ1) is 15.8. The lowest BCUT2D eigenvalue weighted by molar-refractivity contribution is -0.0328. The van der Waals surface area contributed by atoms with E-state index in [9.17, 15) is 13.2 Å². The number of rotatable bonds is 4. The van der Waals surface area contributed by atoms with Crippen molar-refractivity contribution in [3.63, 3.8) is 0 Å². The van der Waals surface area contributed by atoms with Crippen LogP contribution in [0.4, 0.5) is 19.0 Å². The minimum Gasteiger partial charge on any atom is -0.383 e. The van der Waals surface area contributed by atoms with Crippen molar-refractivity contribution in [3.05, 3.63) is 30.1 Å². The molecule has 0 saturated heterocycles. The first-order valence-corrected chi connectivity index (χ1v) is 7.32. The van der Waals surface area contributed by atoms with Crippen LogP contribution in [0.5, 0.6) is 0 Å². The Labute approximate surface area is 125 Å². The Morgan fingerprint density at radius 1 is 1.24 bits per heavy atom. The molecule has 0 radical (unpaired) electrons. The molecule has 1 aromatic heterocycles. The van der Waals surface area contributed by atoms with Crippen LogP contribution in [-0.4, -0.2) is 15.1 Å². The van der Waals surface area contributed by atoms with E-state index in [1.165, 1.54) is 12.1 Å². The molecule has 0 bridgehead atoms. The van der Waals surface area contributed by atoms with Crippen LogP contribution in [0.3, 0.4) is 0 Å². The number of hydrogen-bond donors (Lipinski definition) is 1. The van der Waals surface area contributed by atoms with E-state index < -0.39 is 5.51 Å². The summed E-state index contributed by atoms with van der Waals surface area (Å²) in [4.78, 5) is 4.56. The maximum Gasteiger partial charge on any atom is 0.446 e. The van der Waals surface area contributed by atoms with Gasteiger partial charge in [-0.1, -0.05) is 19.1 Å². The molecular formula is C14H16F3N3S. The molecule has 0 spiro atoms. The second kappa shape index (κ2) is 6.01. The molecule has 0 fully saturated rings. The Kier molecular flexibility index (Phi) is 4.51. The number of aromatic nitrogens is 2. The first-order chi connectivity index (χ1) is 9.81. The summed E-state index contributed by atoms with van der Waals surface area (Å²) in [5, 5.41) is 0. The molecular weight excluding hydrogens is 299 g/mol. The van der Waals surface area contributed by atoms with Gasteiger partial charge in [-0.25, -0.2) is 4.98 Å². The largest absolute Gasteiger partial charge is 0.446 e. The number of benzene rings is 1. The van der Waals surface area contributed by atoms with Crippen LogP contribution in [0.1, 0.15) is 19.2 Å². The average Bonchev–Trinajstić information content (AvgIpc) is 2.66. The summed E-state index contributed by atoms with van der Waals surface area (Å²) in [7, 11) is 0. The van der Waals surface area contributed by atoms with Crippen molar-refractivity contribution in [2.45, 2.75) is 37.2 Å². The van der Waals surface area contributed by atoms with Gasteiger partial charge in [0, 0.05) is 17.0 Å². The minimum absolute atomic E-state index is 0.132. The van der Waals surface area contributed by atoms with E-state index in [0.717, 1.165) is 24.4 Å². The van der Waals surface area contributed by atoms with Gasteiger partial charge in [0.2, 0.25) is 0 Å². The maximum atomic E-state index is 12.3. The molecule has 0 aliphatic heterocycles. The predicted octanol–water partition coefficient (Wildman–Crippen LogP) is 4.46. The van der Waals surface area contributed by atoms with E-state index in [1.54, 1.807) is 12.1 Å². The molecule has 0 aliphatic carbocycles. The van der Waals surface area contributed by atoms with Crippen molar-refractivity contribution in [1.82, 2.24) is 9.55 Å². The molecule has 0 amide bonds. The van der Waals surface area contributed by atoms with Crippen LogP contribution in [-0.2, 0) is 6.54 Å². The van der Waals surface area contributed by atoms with Crippen molar-refractivity contribution in [2.24, 2.45) is 0 Å². The molecule has 2 aromatic rings. The maximum absolute atomic E-state index is 12.3. The van der Waals surface area contributed by atoms with Gasteiger partial charge in [0.25, 0.3) is 0 Å². The number of nitrogens with two attached hydrogens (primary N) is 1. The third kappa shape index (κ3) is 3.72. The van der Waals surface area contributed by atoms with E-state index >= 15 is 0 Å². The zero-order chi connectivity index (χ0) is 15.6. The first-order valence-electron chi connectivity index (χ1n) is 6.50. The number of nitrogens with zero attached hydrogens (tertiary/aromatic N) is 2. The van der Waals surface area contributed by atoms with Crippen molar-refractivity contribution in [3.8, 4) is 11.3 Å². The number of thioether (sulfide) groups is 1. The summed E-state index contributed by atoms with van der Waals surface area (Å²) < 4.78 is 38.8. The Bertz CT molecular complexity index is 618. The Balaban J connectivity index is 2.29. The third-order valence-electron chi connectivity index (χ3n) is 3.01. The highest BCUT2D eigenvalue weighted by Crippen LogP contribution is 2.37. The lowest BCUT2D eigenvalue weighted by Gasteiger charge is -2.07. The van der Waals surface area contributed by atoms with Gasteiger partial charge < -0.3 is 10.3 Å². The van der Waals surface area contributed by atoms with Crippen LogP contribution < -0.4 is 5.73 Å². The van der Waals surface area contributed by atoms with E-state index in [-0.39, 0.29) is 16.7 Å². The van der Waals surface area contributed by atoms with E-state index in [0.29, 0.717) is 11.5 Å². The summed E-state index contributed by atoms with van der Waals surface area (Å²) in [6, 6.07) is 6.09. The van der Waals surface area contributed by atoms with Gasteiger partial charge in [-0.2, -0.15) is 13.2 Å². The Morgan fingerprint density at radius 2 is 1.86 bits per heavy atom. The summed E-state index contributed by atoms with van der Waals surface area (Å²) in [6.45, 7) is 4.68. The van der Waals surface area contributed by atoms with Gasteiger partial charge >= 0.3 is 5.51 Å². The molecule has 0 unspecified atom stereocenters. The normalized spacial score (nSPS) is 11.9. The highest BCUT2D eigenvalue weighted by atomic mass is 32.2. The standard InChI is InChI=1S/C14H16F3N3S/c1-3-8-20-9(2)19-12(13(20)18)10-4-6-11(7-5-10)21-14(15,16)17/h4-7H,3,8,18H2,1-2H3. The summed E-state index contributed by atoms with van der Waals surface area (Å²) >= 11 is -0.132. The molecule has 21 heavy (non-hydrogen) atoms. The number of imidazole rings is 1. The molecule has 1 aromatic carbocycles. The van der Waals surface area contributed by atoms with E-state index in [2.05, 4.69) is 4.98 Å². The number of aryl methyl sites for hydroxylation is 1. The average molecular weight is 315 g/mol. The van der Waals surface area contributed by atoms with Crippen LogP contribution in [0.2, 0.25) is 0 Å². The van der Waals surface area contributed by atoms with Crippen molar-refractivity contribution in [1.29, 1.82) is 0 Å². The quantitative estimate of drug-likeness (QED) is 0.847. The number of halogens is 3. The molecule has 7 heteroatoms. The summed E-state index contributed by atoms with van der Waals surface area (Å²) in [5.74, 6) is 1.35. The number of nitrogen functional groups attached to an aromatic ring is 1. The fourth-order valence-electron chi connectivity index (χ4n) is 2.11. The molecule has 0 saturated carbocycles. The number of alkyl halides is 3. The predicted molar refractivity (Wildman–Crippen MR) is 79.0 cm³/mol.